The average molecular weight is 356 g/mol. The van der Waals surface area contributed by atoms with Gasteiger partial charge in [0.1, 0.15) is 0 Å². The molecule has 112 valence electrons. The van der Waals surface area contributed by atoms with Crippen LogP contribution in [0.15, 0.2) is 49.1 Å². The zero-order valence-electron chi connectivity index (χ0n) is 11.0. The van der Waals surface area contributed by atoms with E-state index >= 15 is 0 Å². The Hall–Kier alpha value is -2.02. The molecule has 0 atom stereocenters. The molecule has 3 aromatic rings. The molecule has 1 aromatic carbocycles. The highest BCUT2D eigenvalue weighted by atomic mass is 35.5. The summed E-state index contributed by atoms with van der Waals surface area (Å²) < 4.78 is 0. The minimum Gasteiger partial charge on any atom is -0.323 e. The van der Waals surface area contributed by atoms with Crippen molar-refractivity contribution in [3.63, 3.8) is 0 Å². The van der Waals surface area contributed by atoms with Gasteiger partial charge < -0.3 is 5.32 Å². The summed E-state index contributed by atoms with van der Waals surface area (Å²) in [6, 6.07) is 7.18. The lowest BCUT2D eigenvalue weighted by molar-refractivity contribution is 1.05. The van der Waals surface area contributed by atoms with Crippen LogP contribution >= 0.6 is 34.8 Å². The van der Waals surface area contributed by atoms with E-state index in [0.717, 1.165) is 0 Å². The van der Waals surface area contributed by atoms with Crippen LogP contribution in [0.1, 0.15) is 0 Å². The van der Waals surface area contributed by atoms with Crippen LogP contribution in [0.4, 0.5) is 11.6 Å². The molecule has 1 N–H and O–H groups in total. The van der Waals surface area contributed by atoms with E-state index in [4.69, 9.17) is 34.8 Å². The van der Waals surface area contributed by atoms with Crippen molar-refractivity contribution in [1.82, 2.24) is 24.9 Å². The van der Waals surface area contributed by atoms with Crippen molar-refractivity contribution in [2.75, 3.05) is 5.32 Å². The van der Waals surface area contributed by atoms with Gasteiger partial charge in [-0.25, -0.2) is 0 Å². The van der Waals surface area contributed by atoms with E-state index in [2.05, 4.69) is 30.2 Å². The second-order valence-electron chi connectivity index (χ2n) is 3.70. The maximum Gasteiger partial charge on any atom is 0.232 e. The van der Waals surface area contributed by atoms with Gasteiger partial charge in [0.25, 0.3) is 0 Å². The van der Waals surface area contributed by atoms with E-state index in [-0.39, 0.29) is 16.5 Å². The first-order chi connectivity index (χ1) is 10.6. The smallest absolute Gasteiger partial charge is 0.232 e. The van der Waals surface area contributed by atoms with Crippen LogP contribution in [-0.4, -0.2) is 24.9 Å². The number of aromatic nitrogens is 5. The number of halogens is 3. The number of nitrogens with zero attached hydrogens (tertiary/aromatic N) is 5. The van der Waals surface area contributed by atoms with Crippen molar-refractivity contribution >= 4 is 46.4 Å². The third-order valence-corrected chi connectivity index (χ3v) is 2.85. The summed E-state index contributed by atoms with van der Waals surface area (Å²) in [5, 5.41) is 3.49. The van der Waals surface area contributed by atoms with Gasteiger partial charge in [0.05, 0.1) is 10.7 Å². The highest BCUT2D eigenvalue weighted by molar-refractivity contribution is 6.33. The quantitative estimate of drug-likeness (QED) is 0.747. The Balaban J connectivity index is 0.000000246. The summed E-state index contributed by atoms with van der Waals surface area (Å²) in [5.74, 6) is 0.248. The fourth-order valence-electron chi connectivity index (χ4n) is 1.32. The van der Waals surface area contributed by atoms with Crippen LogP contribution in [0, 0.1) is 0 Å². The Bertz CT molecular complexity index is 679. The molecule has 0 unspecified atom stereocenters. The minimum absolute atomic E-state index is 0.0227. The van der Waals surface area contributed by atoms with Gasteiger partial charge in [-0.15, -0.1) is 0 Å². The molecular weight excluding hydrogens is 347 g/mol. The first-order valence-corrected chi connectivity index (χ1v) is 7.07. The maximum atomic E-state index is 5.95. The normalized spacial score (nSPS) is 9.59. The first-order valence-electron chi connectivity index (χ1n) is 5.94. The summed E-state index contributed by atoms with van der Waals surface area (Å²) in [7, 11) is 0. The summed E-state index contributed by atoms with van der Waals surface area (Å²) in [6.45, 7) is 0. The van der Waals surface area contributed by atoms with Crippen molar-refractivity contribution in [2.24, 2.45) is 0 Å². The Kier molecular flexibility index (Phi) is 6.27. The second-order valence-corrected chi connectivity index (χ2v) is 4.78. The molecule has 22 heavy (non-hydrogen) atoms. The molecule has 0 aliphatic rings. The summed E-state index contributed by atoms with van der Waals surface area (Å²) in [6.07, 6.45) is 6.56. The number of para-hydroxylation sites is 1. The van der Waals surface area contributed by atoms with Gasteiger partial charge in [0, 0.05) is 24.8 Å². The molecule has 0 saturated heterocycles. The van der Waals surface area contributed by atoms with E-state index in [1.807, 2.05) is 12.1 Å². The first kappa shape index (κ1) is 16.4. The molecule has 0 fully saturated rings. The van der Waals surface area contributed by atoms with Crippen LogP contribution in [0.25, 0.3) is 0 Å². The Morgan fingerprint density at radius 3 is 1.77 bits per heavy atom. The van der Waals surface area contributed by atoms with Gasteiger partial charge >= 0.3 is 0 Å². The lowest BCUT2D eigenvalue weighted by Crippen LogP contribution is -1.99. The Morgan fingerprint density at radius 1 is 0.727 bits per heavy atom. The van der Waals surface area contributed by atoms with Gasteiger partial charge in [0.2, 0.25) is 16.5 Å². The molecule has 6 nitrogen and oxygen atoms in total. The fourth-order valence-corrected chi connectivity index (χ4v) is 1.86. The molecule has 0 spiro atoms. The predicted octanol–water partition coefficient (Wildman–Crippen LogP) is 4.05. The van der Waals surface area contributed by atoms with E-state index in [1.165, 1.54) is 0 Å². The van der Waals surface area contributed by atoms with Crippen LogP contribution in [0.3, 0.4) is 0 Å². The molecule has 0 amide bonds. The molecule has 2 heterocycles. The van der Waals surface area contributed by atoms with Crippen molar-refractivity contribution in [3.05, 3.63) is 64.6 Å². The van der Waals surface area contributed by atoms with Crippen LogP contribution < -0.4 is 5.32 Å². The van der Waals surface area contributed by atoms with Crippen molar-refractivity contribution < 1.29 is 0 Å². The van der Waals surface area contributed by atoms with Crippen LogP contribution in [0.2, 0.25) is 15.6 Å². The number of anilines is 2. The number of nitrogens with one attached hydrogen (secondary N) is 1. The lowest BCUT2D eigenvalue weighted by atomic mass is 10.3. The molecule has 0 bridgehead atoms. The largest absolute Gasteiger partial charge is 0.323 e. The molecule has 9 heteroatoms. The monoisotopic (exact) mass is 354 g/mol. The topological polar surface area (TPSA) is 76.5 Å². The number of hydrogen-bond acceptors (Lipinski definition) is 6. The van der Waals surface area contributed by atoms with Gasteiger partial charge in [-0.1, -0.05) is 23.7 Å². The maximum absolute atomic E-state index is 5.95. The molecule has 2 aromatic heterocycles. The van der Waals surface area contributed by atoms with E-state index in [0.29, 0.717) is 10.7 Å². The van der Waals surface area contributed by atoms with E-state index < -0.39 is 0 Å². The highest BCUT2D eigenvalue weighted by Gasteiger charge is 2.05. The third-order valence-electron chi connectivity index (χ3n) is 2.18. The predicted molar refractivity (Wildman–Crippen MR) is 86.6 cm³/mol. The second kappa shape index (κ2) is 8.43. The SMILES string of the molecule is Clc1nc(Cl)nc(Nc2ccccc2Cl)n1.c1cnccn1. The van der Waals surface area contributed by atoms with Crippen molar-refractivity contribution in [2.45, 2.75) is 0 Å². The zero-order chi connectivity index (χ0) is 15.8. The average Bonchev–Trinajstić information content (AvgIpc) is 2.51. The number of hydrogen-bond donors (Lipinski definition) is 1. The Labute approximate surface area is 141 Å². The summed E-state index contributed by atoms with van der Waals surface area (Å²) >= 11 is 17.2. The van der Waals surface area contributed by atoms with Crippen molar-refractivity contribution in [1.29, 1.82) is 0 Å². The molecule has 0 aliphatic heterocycles. The molecule has 3 rings (SSSR count). The van der Waals surface area contributed by atoms with Gasteiger partial charge in [-0.2, -0.15) is 15.0 Å². The standard InChI is InChI=1S/C9H5Cl3N4.C4H4N2/c10-5-3-1-2-4-6(5)13-9-15-7(11)14-8(12)16-9;1-2-6-4-3-5-1/h1-4H,(H,13,14,15,16);1-4H. The van der Waals surface area contributed by atoms with Crippen molar-refractivity contribution in [3.8, 4) is 0 Å². The highest BCUT2D eigenvalue weighted by Crippen LogP contribution is 2.23. The Morgan fingerprint density at radius 2 is 1.27 bits per heavy atom. The van der Waals surface area contributed by atoms with Gasteiger partial charge in [-0.05, 0) is 35.3 Å². The van der Waals surface area contributed by atoms with Crippen LogP contribution in [0.5, 0.6) is 0 Å². The molecule has 0 aliphatic carbocycles. The summed E-state index contributed by atoms with van der Waals surface area (Å²) in [5.41, 5.74) is 0.669. The zero-order valence-corrected chi connectivity index (χ0v) is 13.3. The van der Waals surface area contributed by atoms with E-state index in [9.17, 15) is 0 Å². The van der Waals surface area contributed by atoms with Gasteiger partial charge in [-0.3, -0.25) is 9.97 Å². The number of benzene rings is 1. The fraction of sp³-hybridized carbons (Fsp3) is 0. The lowest BCUT2D eigenvalue weighted by Gasteiger charge is -2.06. The third kappa shape index (κ3) is 5.40. The minimum atomic E-state index is 0.0227. The summed E-state index contributed by atoms with van der Waals surface area (Å²) in [4.78, 5) is 18.8. The number of rotatable bonds is 2. The van der Waals surface area contributed by atoms with Gasteiger partial charge in [0.15, 0.2) is 0 Å². The molecule has 0 radical (unpaired) electrons. The molecule has 0 saturated carbocycles. The van der Waals surface area contributed by atoms with E-state index in [1.54, 1.807) is 36.9 Å². The van der Waals surface area contributed by atoms with Crippen LogP contribution in [-0.2, 0) is 0 Å². The molecular formula is C13H9Cl3N6.